The lowest BCUT2D eigenvalue weighted by Gasteiger charge is -1.94. The van der Waals surface area contributed by atoms with Crippen molar-refractivity contribution in [3.05, 3.63) is 35.4 Å². The molecule has 1 aromatic rings. The molecule has 0 N–H and O–H groups in total. The van der Waals surface area contributed by atoms with Gasteiger partial charge in [-0.15, -0.1) is 0 Å². The quantitative estimate of drug-likeness (QED) is 0.474. The summed E-state index contributed by atoms with van der Waals surface area (Å²) in [5.74, 6) is 4.90. The zero-order chi connectivity index (χ0) is 9.68. The van der Waals surface area contributed by atoms with Gasteiger partial charge in [-0.2, -0.15) is 5.26 Å². The third-order valence-corrected chi connectivity index (χ3v) is 1.53. The summed E-state index contributed by atoms with van der Waals surface area (Å²) in [6.45, 7) is 1.50. The van der Waals surface area contributed by atoms with E-state index in [0.717, 1.165) is 0 Å². The number of benzene rings is 1. The standard InChI is InChI=1S/C11H7NO/c1-9(13)11-6-2-4-10(8-11)5-3-7-12/h2,4,6,8H,1H3. The highest BCUT2D eigenvalue weighted by molar-refractivity contribution is 5.94. The van der Waals surface area contributed by atoms with Crippen molar-refractivity contribution < 1.29 is 4.79 Å². The summed E-state index contributed by atoms with van der Waals surface area (Å²) in [6, 6.07) is 8.62. The second-order valence-corrected chi connectivity index (χ2v) is 2.50. The fraction of sp³-hybridized carbons (Fsp3) is 0.0909. The Morgan fingerprint density at radius 3 is 2.85 bits per heavy atom. The van der Waals surface area contributed by atoms with Crippen LogP contribution in [0.2, 0.25) is 0 Å². The van der Waals surface area contributed by atoms with Gasteiger partial charge >= 0.3 is 0 Å². The van der Waals surface area contributed by atoms with Crippen molar-refractivity contribution >= 4 is 5.78 Å². The number of hydrogen-bond donors (Lipinski definition) is 0. The predicted octanol–water partition coefficient (Wildman–Crippen LogP) is 1.76. The van der Waals surface area contributed by atoms with Gasteiger partial charge in [-0.25, -0.2) is 0 Å². The van der Waals surface area contributed by atoms with Crippen molar-refractivity contribution in [2.75, 3.05) is 0 Å². The van der Waals surface area contributed by atoms with Gasteiger partial charge in [-0.05, 0) is 19.1 Å². The van der Waals surface area contributed by atoms with Gasteiger partial charge in [-0.1, -0.05) is 18.1 Å². The topological polar surface area (TPSA) is 40.9 Å². The fourth-order valence-corrected chi connectivity index (χ4v) is 0.916. The first-order valence-electron chi connectivity index (χ1n) is 3.75. The molecule has 1 aromatic carbocycles. The van der Waals surface area contributed by atoms with E-state index in [4.69, 9.17) is 5.26 Å². The molecule has 13 heavy (non-hydrogen) atoms. The molecule has 0 spiro atoms. The van der Waals surface area contributed by atoms with E-state index >= 15 is 0 Å². The van der Waals surface area contributed by atoms with E-state index in [-0.39, 0.29) is 5.78 Å². The zero-order valence-electron chi connectivity index (χ0n) is 7.16. The Hall–Kier alpha value is -2.06. The maximum atomic E-state index is 11.0. The van der Waals surface area contributed by atoms with Crippen LogP contribution in [0.1, 0.15) is 22.8 Å². The zero-order valence-corrected chi connectivity index (χ0v) is 7.16. The second-order valence-electron chi connectivity index (χ2n) is 2.50. The smallest absolute Gasteiger partial charge is 0.159 e. The predicted molar refractivity (Wildman–Crippen MR) is 48.9 cm³/mol. The Morgan fingerprint density at radius 2 is 2.23 bits per heavy atom. The number of carbonyl (C=O) groups is 1. The van der Waals surface area contributed by atoms with Crippen molar-refractivity contribution in [2.24, 2.45) is 0 Å². The van der Waals surface area contributed by atoms with Gasteiger partial charge in [-0.3, -0.25) is 4.79 Å². The molecule has 0 bridgehead atoms. The largest absolute Gasteiger partial charge is 0.295 e. The molecule has 0 amide bonds. The number of rotatable bonds is 1. The highest BCUT2D eigenvalue weighted by Crippen LogP contribution is 2.04. The average molecular weight is 169 g/mol. The first-order valence-corrected chi connectivity index (χ1v) is 3.75. The molecule has 0 aromatic heterocycles. The van der Waals surface area contributed by atoms with Gasteiger partial charge in [0.25, 0.3) is 0 Å². The molecular weight excluding hydrogens is 162 g/mol. The molecule has 2 heteroatoms. The molecule has 0 saturated heterocycles. The molecule has 0 aliphatic heterocycles. The summed E-state index contributed by atoms with van der Waals surface area (Å²) in [7, 11) is 0. The Bertz CT molecular complexity index is 429. The van der Waals surface area contributed by atoms with Crippen LogP contribution in [0.4, 0.5) is 0 Å². The number of nitrogens with zero attached hydrogens (tertiary/aromatic N) is 1. The summed E-state index contributed by atoms with van der Waals surface area (Å²) < 4.78 is 0. The Balaban J connectivity index is 3.07. The molecule has 1 rings (SSSR count). The highest BCUT2D eigenvalue weighted by atomic mass is 16.1. The van der Waals surface area contributed by atoms with Gasteiger partial charge in [0.1, 0.15) is 0 Å². The molecule has 0 heterocycles. The van der Waals surface area contributed by atoms with Crippen molar-refractivity contribution in [3.63, 3.8) is 0 Å². The fourth-order valence-electron chi connectivity index (χ4n) is 0.916. The summed E-state index contributed by atoms with van der Waals surface area (Å²) in [6.07, 6.45) is 0. The van der Waals surface area contributed by atoms with E-state index in [0.29, 0.717) is 11.1 Å². The van der Waals surface area contributed by atoms with Gasteiger partial charge < -0.3 is 0 Å². The molecule has 0 radical (unpaired) electrons. The number of carbonyl (C=O) groups excluding carboxylic acids is 1. The lowest BCUT2D eigenvalue weighted by molar-refractivity contribution is 0.101. The average Bonchev–Trinajstić information content (AvgIpc) is 2.15. The molecule has 0 atom stereocenters. The van der Waals surface area contributed by atoms with E-state index < -0.39 is 0 Å². The molecule has 0 saturated carbocycles. The van der Waals surface area contributed by atoms with Crippen LogP contribution in [0.15, 0.2) is 24.3 Å². The first-order chi connectivity index (χ1) is 6.24. The van der Waals surface area contributed by atoms with Gasteiger partial charge in [0.2, 0.25) is 0 Å². The van der Waals surface area contributed by atoms with Crippen molar-refractivity contribution in [3.8, 4) is 17.9 Å². The Morgan fingerprint density at radius 1 is 1.46 bits per heavy atom. The third kappa shape index (κ3) is 2.47. The van der Waals surface area contributed by atoms with Crippen LogP contribution in [-0.2, 0) is 0 Å². The van der Waals surface area contributed by atoms with Crippen LogP contribution in [0.3, 0.4) is 0 Å². The monoisotopic (exact) mass is 169 g/mol. The van der Waals surface area contributed by atoms with Gasteiger partial charge in [0, 0.05) is 17.0 Å². The molecule has 0 aliphatic carbocycles. The van der Waals surface area contributed by atoms with Crippen LogP contribution in [0.5, 0.6) is 0 Å². The van der Waals surface area contributed by atoms with Crippen LogP contribution >= 0.6 is 0 Å². The molecular formula is C11H7NO. The van der Waals surface area contributed by atoms with E-state index in [1.165, 1.54) is 6.92 Å². The maximum Gasteiger partial charge on any atom is 0.159 e. The molecule has 0 unspecified atom stereocenters. The Labute approximate surface area is 76.8 Å². The maximum absolute atomic E-state index is 11.0. The second kappa shape index (κ2) is 4.09. The summed E-state index contributed by atoms with van der Waals surface area (Å²) >= 11 is 0. The van der Waals surface area contributed by atoms with Crippen molar-refractivity contribution in [1.82, 2.24) is 0 Å². The SMILES string of the molecule is CC(=O)c1cccc(C#CC#N)c1. The lowest BCUT2D eigenvalue weighted by atomic mass is 10.1. The summed E-state index contributed by atoms with van der Waals surface area (Å²) in [5.41, 5.74) is 1.30. The number of nitriles is 1. The van der Waals surface area contributed by atoms with Crippen molar-refractivity contribution in [1.29, 1.82) is 5.26 Å². The number of ketones is 1. The minimum atomic E-state index is 0.000563. The molecule has 0 aliphatic rings. The van der Waals surface area contributed by atoms with Gasteiger partial charge in [0.15, 0.2) is 11.9 Å². The normalized spacial score (nSPS) is 8.00. The van der Waals surface area contributed by atoms with E-state index in [1.54, 1.807) is 30.3 Å². The minimum absolute atomic E-state index is 0.000563. The van der Waals surface area contributed by atoms with E-state index in [9.17, 15) is 4.79 Å². The molecule has 0 fully saturated rings. The van der Waals surface area contributed by atoms with Crippen LogP contribution < -0.4 is 0 Å². The molecule has 62 valence electrons. The number of Topliss-reactive ketones (excluding diaryl/α,β-unsaturated/α-hetero) is 1. The van der Waals surface area contributed by atoms with Crippen molar-refractivity contribution in [2.45, 2.75) is 6.92 Å². The van der Waals surface area contributed by atoms with Crippen LogP contribution in [0.25, 0.3) is 0 Å². The molecule has 2 nitrogen and oxygen atoms in total. The first kappa shape index (κ1) is 9.03. The summed E-state index contributed by atoms with van der Waals surface area (Å²) in [4.78, 5) is 11.0. The van der Waals surface area contributed by atoms with Gasteiger partial charge in [0.05, 0.1) is 0 Å². The highest BCUT2D eigenvalue weighted by Gasteiger charge is 1.97. The van der Waals surface area contributed by atoms with Crippen LogP contribution in [-0.4, -0.2) is 5.78 Å². The lowest BCUT2D eigenvalue weighted by Crippen LogP contribution is -1.91. The van der Waals surface area contributed by atoms with E-state index in [2.05, 4.69) is 11.8 Å². The van der Waals surface area contributed by atoms with Crippen LogP contribution in [0, 0.1) is 23.2 Å². The Kier molecular flexibility index (Phi) is 2.84. The minimum Gasteiger partial charge on any atom is -0.295 e. The third-order valence-electron chi connectivity index (χ3n) is 1.53. The van der Waals surface area contributed by atoms with E-state index in [1.807, 2.05) is 0 Å². The number of hydrogen-bond acceptors (Lipinski definition) is 2. The summed E-state index contributed by atoms with van der Waals surface area (Å²) in [5, 5.41) is 8.22.